The minimum atomic E-state index is -0.694. The summed E-state index contributed by atoms with van der Waals surface area (Å²) in [6.07, 6.45) is -0.587. The van der Waals surface area contributed by atoms with Crippen LogP contribution in [0.25, 0.3) is 0 Å². The van der Waals surface area contributed by atoms with Crippen molar-refractivity contribution in [3.8, 4) is 5.75 Å². The van der Waals surface area contributed by atoms with E-state index in [1.165, 1.54) is 6.92 Å². The van der Waals surface area contributed by atoms with Gasteiger partial charge in [-0.15, -0.1) is 0 Å². The molecule has 6 heteroatoms. The van der Waals surface area contributed by atoms with E-state index in [0.717, 1.165) is 31.9 Å². The molecular weight excluding hydrogens is 294 g/mol. The number of benzene rings is 1. The average Bonchev–Trinajstić information content (AvgIpc) is 2.49. The van der Waals surface area contributed by atoms with Crippen LogP contribution in [0.2, 0.25) is 0 Å². The van der Waals surface area contributed by atoms with Gasteiger partial charge in [-0.05, 0) is 38.1 Å². The van der Waals surface area contributed by atoms with Crippen LogP contribution in [0.5, 0.6) is 5.75 Å². The first-order valence-corrected chi connectivity index (χ1v) is 8.04. The maximum atomic E-state index is 11.0. The highest BCUT2D eigenvalue weighted by Gasteiger charge is 2.31. The summed E-state index contributed by atoms with van der Waals surface area (Å²) in [6.45, 7) is 9.65. The standard InChI is InChI=1S/C17H27N3O3/c1-13(21)19-14-4-6-15(7-5-14)23-17(2,3)16(22)12-20-10-8-18-9-11-20/h4-7,16,18,22H,8-12H2,1-3H3,(H,19,21). The summed E-state index contributed by atoms with van der Waals surface area (Å²) in [5, 5.41) is 16.5. The van der Waals surface area contributed by atoms with Crippen LogP contribution in [0.1, 0.15) is 20.8 Å². The lowest BCUT2D eigenvalue weighted by Gasteiger charge is -2.36. The van der Waals surface area contributed by atoms with Crippen molar-refractivity contribution in [2.24, 2.45) is 0 Å². The van der Waals surface area contributed by atoms with E-state index in [2.05, 4.69) is 15.5 Å². The summed E-state index contributed by atoms with van der Waals surface area (Å²) in [7, 11) is 0. The maximum absolute atomic E-state index is 11.0. The molecule has 1 aliphatic rings. The van der Waals surface area contributed by atoms with E-state index in [9.17, 15) is 9.90 Å². The first-order chi connectivity index (χ1) is 10.9. The number of ether oxygens (including phenoxy) is 1. The Balaban J connectivity index is 1.91. The van der Waals surface area contributed by atoms with Crippen molar-refractivity contribution in [1.29, 1.82) is 0 Å². The molecule has 23 heavy (non-hydrogen) atoms. The molecule has 128 valence electrons. The molecule has 1 aromatic rings. The highest BCUT2D eigenvalue weighted by Crippen LogP contribution is 2.23. The molecule has 3 N–H and O–H groups in total. The third-order valence-electron chi connectivity index (χ3n) is 4.00. The highest BCUT2D eigenvalue weighted by molar-refractivity contribution is 5.88. The van der Waals surface area contributed by atoms with Crippen LogP contribution >= 0.6 is 0 Å². The zero-order chi connectivity index (χ0) is 16.9. The van der Waals surface area contributed by atoms with Gasteiger partial charge in [-0.2, -0.15) is 0 Å². The summed E-state index contributed by atoms with van der Waals surface area (Å²) in [5.74, 6) is 0.564. The molecule has 1 aromatic carbocycles. The SMILES string of the molecule is CC(=O)Nc1ccc(OC(C)(C)C(O)CN2CCNCC2)cc1. The van der Waals surface area contributed by atoms with Crippen LogP contribution in [0.3, 0.4) is 0 Å². The van der Waals surface area contributed by atoms with E-state index in [0.29, 0.717) is 12.3 Å². The van der Waals surface area contributed by atoms with Gasteiger partial charge < -0.3 is 20.5 Å². The van der Waals surface area contributed by atoms with Crippen molar-refractivity contribution in [3.05, 3.63) is 24.3 Å². The van der Waals surface area contributed by atoms with Crippen LogP contribution in [-0.4, -0.2) is 60.3 Å². The van der Waals surface area contributed by atoms with E-state index in [4.69, 9.17) is 4.74 Å². The molecule has 0 aromatic heterocycles. The topological polar surface area (TPSA) is 73.8 Å². The van der Waals surface area contributed by atoms with Gasteiger partial charge in [0.15, 0.2) is 0 Å². The lowest BCUT2D eigenvalue weighted by Crippen LogP contribution is -2.52. The van der Waals surface area contributed by atoms with Gasteiger partial charge in [0.25, 0.3) is 0 Å². The van der Waals surface area contributed by atoms with Gasteiger partial charge in [0.1, 0.15) is 17.5 Å². The number of β-amino-alcohol motifs (C(OH)–C–C–N with tert-alkyl or cyclic N) is 1. The fourth-order valence-corrected chi connectivity index (χ4v) is 2.54. The molecule has 2 rings (SSSR count). The number of aliphatic hydroxyl groups is 1. The summed E-state index contributed by atoms with van der Waals surface area (Å²) < 4.78 is 5.96. The van der Waals surface area contributed by atoms with E-state index in [1.807, 2.05) is 13.8 Å². The number of hydrogen-bond acceptors (Lipinski definition) is 5. The second-order valence-corrected chi connectivity index (χ2v) is 6.48. The van der Waals surface area contributed by atoms with Gasteiger partial charge >= 0.3 is 0 Å². The molecule has 1 aliphatic heterocycles. The Hall–Kier alpha value is -1.63. The van der Waals surface area contributed by atoms with E-state index >= 15 is 0 Å². The fraction of sp³-hybridized carbons (Fsp3) is 0.588. The number of nitrogens with zero attached hydrogens (tertiary/aromatic N) is 1. The van der Waals surface area contributed by atoms with Gasteiger partial charge in [0, 0.05) is 45.3 Å². The van der Waals surface area contributed by atoms with Crippen molar-refractivity contribution < 1.29 is 14.6 Å². The monoisotopic (exact) mass is 321 g/mol. The Kier molecular flexibility index (Phi) is 5.98. The van der Waals surface area contributed by atoms with E-state index in [1.54, 1.807) is 24.3 Å². The maximum Gasteiger partial charge on any atom is 0.221 e. The Morgan fingerprint density at radius 1 is 1.35 bits per heavy atom. The normalized spacial score (nSPS) is 17.6. The molecule has 1 unspecified atom stereocenters. The predicted octanol–water partition coefficient (Wildman–Crippen LogP) is 1.07. The minimum absolute atomic E-state index is 0.106. The van der Waals surface area contributed by atoms with Crippen molar-refractivity contribution in [1.82, 2.24) is 10.2 Å². The third-order valence-corrected chi connectivity index (χ3v) is 4.00. The zero-order valence-electron chi connectivity index (χ0n) is 14.1. The Labute approximate surface area is 137 Å². The molecule has 0 spiro atoms. The first-order valence-electron chi connectivity index (χ1n) is 8.04. The molecule has 0 saturated carbocycles. The third kappa shape index (κ3) is 5.49. The Morgan fingerprint density at radius 3 is 2.52 bits per heavy atom. The quantitative estimate of drug-likeness (QED) is 0.731. The molecule has 1 heterocycles. The molecule has 0 bridgehead atoms. The number of anilines is 1. The second kappa shape index (κ2) is 7.77. The molecule has 0 aliphatic carbocycles. The number of rotatable bonds is 6. The molecule has 0 radical (unpaired) electrons. The lowest BCUT2D eigenvalue weighted by atomic mass is 10.0. The Bertz CT molecular complexity index is 510. The van der Waals surface area contributed by atoms with Gasteiger partial charge in [-0.25, -0.2) is 0 Å². The van der Waals surface area contributed by atoms with Crippen molar-refractivity contribution >= 4 is 11.6 Å². The van der Waals surface area contributed by atoms with Crippen LogP contribution in [0.4, 0.5) is 5.69 Å². The average molecular weight is 321 g/mol. The molecule has 1 atom stereocenters. The summed E-state index contributed by atoms with van der Waals surface area (Å²) in [5.41, 5.74) is 0.0319. The number of carbonyl (C=O) groups is 1. The number of nitrogens with one attached hydrogen (secondary N) is 2. The van der Waals surface area contributed by atoms with Crippen molar-refractivity contribution in [2.75, 3.05) is 38.0 Å². The first kappa shape index (κ1) is 17.7. The van der Waals surface area contributed by atoms with Gasteiger partial charge in [0.2, 0.25) is 5.91 Å². The fourth-order valence-electron chi connectivity index (χ4n) is 2.54. The number of piperazine rings is 1. The summed E-state index contributed by atoms with van der Waals surface area (Å²) in [6, 6.07) is 7.17. The zero-order valence-corrected chi connectivity index (χ0v) is 14.1. The smallest absolute Gasteiger partial charge is 0.221 e. The number of amides is 1. The highest BCUT2D eigenvalue weighted by atomic mass is 16.5. The Morgan fingerprint density at radius 2 is 1.96 bits per heavy atom. The van der Waals surface area contributed by atoms with Gasteiger partial charge in [0.05, 0.1) is 0 Å². The van der Waals surface area contributed by atoms with Gasteiger partial charge in [-0.3, -0.25) is 9.69 Å². The van der Waals surface area contributed by atoms with Crippen molar-refractivity contribution in [2.45, 2.75) is 32.5 Å². The van der Waals surface area contributed by atoms with Crippen LogP contribution in [-0.2, 0) is 4.79 Å². The largest absolute Gasteiger partial charge is 0.485 e. The molecular formula is C17H27N3O3. The molecule has 6 nitrogen and oxygen atoms in total. The van der Waals surface area contributed by atoms with Crippen LogP contribution in [0, 0.1) is 0 Å². The van der Waals surface area contributed by atoms with E-state index in [-0.39, 0.29) is 5.91 Å². The molecule has 1 fully saturated rings. The number of hydrogen-bond donors (Lipinski definition) is 3. The van der Waals surface area contributed by atoms with Crippen LogP contribution < -0.4 is 15.4 Å². The van der Waals surface area contributed by atoms with Crippen molar-refractivity contribution in [3.63, 3.8) is 0 Å². The predicted molar refractivity (Wildman–Crippen MR) is 90.8 cm³/mol. The lowest BCUT2D eigenvalue weighted by molar-refractivity contribution is -0.114. The van der Waals surface area contributed by atoms with Gasteiger partial charge in [-0.1, -0.05) is 0 Å². The number of aliphatic hydroxyl groups excluding tert-OH is 1. The number of carbonyl (C=O) groups excluding carboxylic acids is 1. The summed E-state index contributed by atoms with van der Waals surface area (Å²) >= 11 is 0. The van der Waals surface area contributed by atoms with Crippen LogP contribution in [0.15, 0.2) is 24.3 Å². The minimum Gasteiger partial charge on any atom is -0.485 e. The molecule has 1 saturated heterocycles. The summed E-state index contributed by atoms with van der Waals surface area (Å²) in [4.78, 5) is 13.3. The van der Waals surface area contributed by atoms with E-state index < -0.39 is 11.7 Å². The molecule has 1 amide bonds. The second-order valence-electron chi connectivity index (χ2n) is 6.48.